The first-order chi connectivity index (χ1) is 13.7. The third kappa shape index (κ3) is 4.27. The van der Waals surface area contributed by atoms with Crippen molar-refractivity contribution in [3.63, 3.8) is 0 Å². The maximum atomic E-state index is 13.2. The molecule has 7 heteroatoms. The first-order valence-corrected chi connectivity index (χ1v) is 10.1. The van der Waals surface area contributed by atoms with E-state index in [1.165, 1.54) is 5.56 Å². The van der Waals surface area contributed by atoms with Crippen molar-refractivity contribution in [2.24, 2.45) is 7.05 Å². The number of amides is 1. The number of hydrogen-bond acceptors (Lipinski definition) is 5. The molecule has 1 atom stereocenters. The molecule has 150 valence electrons. The van der Waals surface area contributed by atoms with Crippen LogP contribution in [0.3, 0.4) is 0 Å². The van der Waals surface area contributed by atoms with Crippen molar-refractivity contribution >= 4 is 5.91 Å². The van der Waals surface area contributed by atoms with Gasteiger partial charge in [-0.15, -0.1) is 0 Å². The molecule has 1 amide bonds. The Morgan fingerprint density at radius 2 is 2.00 bits per heavy atom. The number of imidazole rings is 1. The number of carbonyl (C=O) groups is 1. The summed E-state index contributed by atoms with van der Waals surface area (Å²) in [5.74, 6) is 0.0636. The number of ether oxygens (including phenoxy) is 1. The van der Waals surface area contributed by atoms with E-state index in [1.54, 1.807) is 0 Å². The van der Waals surface area contributed by atoms with Gasteiger partial charge in [0, 0.05) is 52.7 Å². The minimum Gasteiger partial charge on any atom is -0.379 e. The highest BCUT2D eigenvalue weighted by Crippen LogP contribution is 2.30. The largest absolute Gasteiger partial charge is 0.379 e. The van der Waals surface area contributed by atoms with Gasteiger partial charge in [0.1, 0.15) is 6.04 Å². The van der Waals surface area contributed by atoms with Crippen LogP contribution in [0.25, 0.3) is 0 Å². The van der Waals surface area contributed by atoms with Gasteiger partial charge in [-0.05, 0) is 5.56 Å². The summed E-state index contributed by atoms with van der Waals surface area (Å²) >= 11 is 0. The Morgan fingerprint density at radius 1 is 1.21 bits per heavy atom. The molecule has 1 aromatic carbocycles. The fourth-order valence-electron chi connectivity index (χ4n) is 4.12. The van der Waals surface area contributed by atoms with E-state index in [2.05, 4.69) is 32.2 Å². The summed E-state index contributed by atoms with van der Waals surface area (Å²) in [6, 6.07) is 10.0. The van der Waals surface area contributed by atoms with Crippen molar-refractivity contribution in [3.05, 3.63) is 53.6 Å². The van der Waals surface area contributed by atoms with Crippen LogP contribution in [0.5, 0.6) is 0 Å². The van der Waals surface area contributed by atoms with Gasteiger partial charge in [0.15, 0.2) is 0 Å². The van der Waals surface area contributed by atoms with Crippen LogP contribution < -0.4 is 5.32 Å². The summed E-state index contributed by atoms with van der Waals surface area (Å²) in [6.07, 6.45) is 2.70. The van der Waals surface area contributed by atoms with E-state index in [1.807, 2.05) is 36.1 Å². The predicted octanol–water partition coefficient (Wildman–Crippen LogP) is 0.968. The van der Waals surface area contributed by atoms with E-state index in [0.717, 1.165) is 63.7 Å². The Labute approximate surface area is 166 Å². The van der Waals surface area contributed by atoms with Gasteiger partial charge in [-0.2, -0.15) is 0 Å². The van der Waals surface area contributed by atoms with Crippen LogP contribution in [0, 0.1) is 0 Å². The van der Waals surface area contributed by atoms with Crippen LogP contribution >= 0.6 is 0 Å². The lowest BCUT2D eigenvalue weighted by atomic mass is 10.0. The van der Waals surface area contributed by atoms with Crippen LogP contribution in [0.4, 0.5) is 0 Å². The maximum Gasteiger partial charge on any atom is 0.243 e. The topological polar surface area (TPSA) is 62.6 Å². The third-order valence-corrected chi connectivity index (χ3v) is 5.63. The zero-order chi connectivity index (χ0) is 19.3. The molecule has 2 aliphatic heterocycles. The number of nitrogens with one attached hydrogen (secondary N) is 1. The molecule has 4 rings (SSSR count). The molecule has 2 aromatic rings. The average Bonchev–Trinajstić information content (AvgIpc) is 3.10. The summed E-state index contributed by atoms with van der Waals surface area (Å²) in [6.45, 7) is 6.53. The van der Waals surface area contributed by atoms with Gasteiger partial charge in [0.05, 0.1) is 30.9 Å². The van der Waals surface area contributed by atoms with Crippen molar-refractivity contribution in [3.8, 4) is 0 Å². The second-order valence-corrected chi connectivity index (χ2v) is 7.54. The fraction of sp³-hybridized carbons (Fsp3) is 0.524. The van der Waals surface area contributed by atoms with E-state index in [4.69, 9.17) is 4.74 Å². The number of benzene rings is 1. The molecule has 0 spiro atoms. The van der Waals surface area contributed by atoms with E-state index in [-0.39, 0.29) is 11.9 Å². The molecule has 1 saturated heterocycles. The Morgan fingerprint density at radius 3 is 2.79 bits per heavy atom. The molecule has 0 radical (unpaired) electrons. The zero-order valence-corrected chi connectivity index (χ0v) is 16.5. The van der Waals surface area contributed by atoms with E-state index in [0.29, 0.717) is 6.54 Å². The highest BCUT2D eigenvalue weighted by molar-refractivity contribution is 5.83. The number of aromatic nitrogens is 2. The molecule has 0 saturated carbocycles. The fourth-order valence-corrected chi connectivity index (χ4v) is 4.12. The Kier molecular flexibility index (Phi) is 6.04. The lowest BCUT2D eigenvalue weighted by Crippen LogP contribution is -2.47. The first kappa shape index (κ1) is 19.1. The SMILES string of the molecule is Cn1cnc2c1C(C(=O)NCCN1CCOCC1)N(Cc1ccccc1)CC2. The summed E-state index contributed by atoms with van der Waals surface area (Å²) in [5.41, 5.74) is 3.28. The number of nitrogens with zero attached hydrogens (tertiary/aromatic N) is 4. The zero-order valence-electron chi connectivity index (χ0n) is 16.5. The highest BCUT2D eigenvalue weighted by Gasteiger charge is 2.35. The van der Waals surface area contributed by atoms with Gasteiger partial charge in [-0.1, -0.05) is 30.3 Å². The second-order valence-electron chi connectivity index (χ2n) is 7.54. The minimum atomic E-state index is -0.304. The number of aryl methyl sites for hydroxylation is 1. The van der Waals surface area contributed by atoms with Crippen LogP contribution in [0.2, 0.25) is 0 Å². The number of fused-ring (bicyclic) bond motifs is 1. The molecule has 28 heavy (non-hydrogen) atoms. The average molecular weight is 383 g/mol. The summed E-state index contributed by atoms with van der Waals surface area (Å²) in [4.78, 5) is 22.3. The number of carbonyl (C=O) groups excluding carboxylic acids is 1. The smallest absolute Gasteiger partial charge is 0.243 e. The molecule has 1 fully saturated rings. The van der Waals surface area contributed by atoms with Crippen molar-refractivity contribution in [2.75, 3.05) is 45.9 Å². The van der Waals surface area contributed by atoms with E-state index >= 15 is 0 Å². The van der Waals surface area contributed by atoms with Crippen LogP contribution in [-0.4, -0.2) is 71.2 Å². The molecular weight excluding hydrogens is 354 g/mol. The Bertz CT molecular complexity index is 785. The van der Waals surface area contributed by atoms with Crippen LogP contribution in [-0.2, 0) is 29.5 Å². The van der Waals surface area contributed by atoms with E-state index < -0.39 is 0 Å². The minimum absolute atomic E-state index is 0.0636. The Balaban J connectivity index is 1.46. The molecule has 1 N–H and O–H groups in total. The summed E-state index contributed by atoms with van der Waals surface area (Å²) < 4.78 is 7.39. The lowest BCUT2D eigenvalue weighted by Gasteiger charge is -2.35. The quantitative estimate of drug-likeness (QED) is 0.805. The van der Waals surface area contributed by atoms with Crippen molar-refractivity contribution in [1.82, 2.24) is 24.7 Å². The second kappa shape index (κ2) is 8.86. The molecule has 0 bridgehead atoms. The number of rotatable bonds is 6. The molecule has 1 unspecified atom stereocenters. The highest BCUT2D eigenvalue weighted by atomic mass is 16.5. The summed E-state index contributed by atoms with van der Waals surface area (Å²) in [5, 5.41) is 3.17. The van der Waals surface area contributed by atoms with Gasteiger partial charge < -0.3 is 14.6 Å². The standard InChI is InChI=1S/C21H29N5O2/c1-24-16-23-18-7-9-26(15-17-5-3-2-4-6-17)20(19(18)24)21(27)22-8-10-25-11-13-28-14-12-25/h2-6,16,20H,7-15H2,1H3,(H,22,27). The molecule has 7 nitrogen and oxygen atoms in total. The van der Waals surface area contributed by atoms with Crippen LogP contribution in [0.15, 0.2) is 36.7 Å². The molecule has 3 heterocycles. The monoisotopic (exact) mass is 383 g/mol. The van der Waals surface area contributed by atoms with Gasteiger partial charge in [0.2, 0.25) is 5.91 Å². The predicted molar refractivity (Wildman–Crippen MR) is 107 cm³/mol. The molecule has 0 aliphatic carbocycles. The van der Waals surface area contributed by atoms with Crippen molar-refractivity contribution in [1.29, 1.82) is 0 Å². The molecule has 1 aromatic heterocycles. The number of morpholine rings is 1. The lowest BCUT2D eigenvalue weighted by molar-refractivity contribution is -0.127. The van der Waals surface area contributed by atoms with Gasteiger partial charge >= 0.3 is 0 Å². The number of hydrogen-bond donors (Lipinski definition) is 1. The van der Waals surface area contributed by atoms with Crippen molar-refractivity contribution in [2.45, 2.75) is 19.0 Å². The van der Waals surface area contributed by atoms with Gasteiger partial charge in [-0.25, -0.2) is 4.98 Å². The third-order valence-electron chi connectivity index (χ3n) is 5.63. The maximum absolute atomic E-state index is 13.2. The first-order valence-electron chi connectivity index (χ1n) is 10.1. The Hall–Kier alpha value is -2.22. The van der Waals surface area contributed by atoms with Crippen molar-refractivity contribution < 1.29 is 9.53 Å². The molecular formula is C21H29N5O2. The van der Waals surface area contributed by atoms with Gasteiger partial charge in [0.25, 0.3) is 0 Å². The van der Waals surface area contributed by atoms with Gasteiger partial charge in [-0.3, -0.25) is 14.6 Å². The molecule has 2 aliphatic rings. The van der Waals surface area contributed by atoms with Crippen LogP contribution in [0.1, 0.15) is 23.0 Å². The normalized spacial score (nSPS) is 20.7. The summed E-state index contributed by atoms with van der Waals surface area (Å²) in [7, 11) is 1.98. The van der Waals surface area contributed by atoms with E-state index in [9.17, 15) is 4.79 Å².